The fraction of sp³-hybridized carbons (Fsp3) is 0.143. The van der Waals surface area contributed by atoms with Crippen LogP contribution >= 0.6 is 11.8 Å². The highest BCUT2D eigenvalue weighted by molar-refractivity contribution is 7.98. The smallest absolute Gasteiger partial charge is 0.255 e. The van der Waals surface area contributed by atoms with E-state index in [9.17, 15) is 4.79 Å². The molecule has 0 fully saturated rings. The van der Waals surface area contributed by atoms with Gasteiger partial charge in [0.25, 0.3) is 5.91 Å². The summed E-state index contributed by atoms with van der Waals surface area (Å²) in [5.41, 5.74) is 1.40. The first-order chi connectivity index (χ1) is 9.24. The molecule has 1 aromatic heterocycles. The van der Waals surface area contributed by atoms with Crippen molar-refractivity contribution in [3.63, 3.8) is 0 Å². The molecule has 1 aromatic carbocycles. The number of carbonyl (C=O) groups excluding carboxylic acids is 1. The van der Waals surface area contributed by atoms with Crippen molar-refractivity contribution in [2.45, 2.75) is 4.90 Å². The highest BCUT2D eigenvalue weighted by Gasteiger charge is 2.09. The Labute approximate surface area is 116 Å². The number of hydrogen-bond donors (Lipinski definition) is 2. The van der Waals surface area contributed by atoms with Crippen molar-refractivity contribution in [2.24, 2.45) is 0 Å². The van der Waals surface area contributed by atoms with Crippen molar-refractivity contribution in [2.75, 3.05) is 23.9 Å². The van der Waals surface area contributed by atoms with E-state index in [1.807, 2.05) is 30.5 Å². The lowest BCUT2D eigenvalue weighted by Crippen LogP contribution is -2.13. The summed E-state index contributed by atoms with van der Waals surface area (Å²) in [7, 11) is 1.77. The van der Waals surface area contributed by atoms with Crippen LogP contribution in [0, 0.1) is 0 Å². The van der Waals surface area contributed by atoms with Crippen molar-refractivity contribution >= 4 is 29.2 Å². The van der Waals surface area contributed by atoms with E-state index in [2.05, 4.69) is 15.6 Å². The van der Waals surface area contributed by atoms with Gasteiger partial charge in [0.2, 0.25) is 0 Å². The van der Waals surface area contributed by atoms with E-state index in [1.54, 1.807) is 37.1 Å². The van der Waals surface area contributed by atoms with Crippen molar-refractivity contribution in [3.05, 3.63) is 48.2 Å². The Hall–Kier alpha value is -2.01. The van der Waals surface area contributed by atoms with Crippen LogP contribution in [0.2, 0.25) is 0 Å². The minimum atomic E-state index is -0.139. The van der Waals surface area contributed by atoms with Crippen molar-refractivity contribution in [1.82, 2.24) is 4.98 Å². The van der Waals surface area contributed by atoms with Crippen LogP contribution in [-0.2, 0) is 0 Å². The van der Waals surface area contributed by atoms with E-state index in [0.717, 1.165) is 10.6 Å². The van der Waals surface area contributed by atoms with Gasteiger partial charge < -0.3 is 10.6 Å². The Morgan fingerprint density at radius 3 is 2.79 bits per heavy atom. The number of amides is 1. The fourth-order valence-corrected chi connectivity index (χ4v) is 2.20. The number of anilines is 2. The molecule has 0 bridgehead atoms. The first-order valence-electron chi connectivity index (χ1n) is 5.83. The van der Waals surface area contributed by atoms with Crippen LogP contribution < -0.4 is 10.6 Å². The Kier molecular flexibility index (Phi) is 4.41. The van der Waals surface area contributed by atoms with Crippen LogP contribution in [0.4, 0.5) is 11.5 Å². The molecule has 0 saturated carbocycles. The molecule has 19 heavy (non-hydrogen) atoms. The molecule has 4 nitrogen and oxygen atoms in total. The number of hydrogen-bond acceptors (Lipinski definition) is 4. The van der Waals surface area contributed by atoms with Crippen LogP contribution in [0.1, 0.15) is 10.4 Å². The summed E-state index contributed by atoms with van der Waals surface area (Å²) in [5, 5.41) is 5.83. The van der Waals surface area contributed by atoms with E-state index >= 15 is 0 Å². The lowest BCUT2D eigenvalue weighted by Gasteiger charge is -2.09. The zero-order valence-electron chi connectivity index (χ0n) is 10.8. The van der Waals surface area contributed by atoms with Crippen LogP contribution in [0.15, 0.2) is 47.5 Å². The van der Waals surface area contributed by atoms with Gasteiger partial charge in [0.05, 0.1) is 5.69 Å². The zero-order chi connectivity index (χ0) is 13.7. The maximum Gasteiger partial charge on any atom is 0.255 e. The van der Waals surface area contributed by atoms with Crippen molar-refractivity contribution in [1.29, 1.82) is 0 Å². The van der Waals surface area contributed by atoms with E-state index in [-0.39, 0.29) is 5.91 Å². The molecule has 1 heterocycles. The topological polar surface area (TPSA) is 54.0 Å². The molecule has 0 aliphatic rings. The third-order valence-electron chi connectivity index (χ3n) is 2.63. The van der Waals surface area contributed by atoms with Gasteiger partial charge in [-0.1, -0.05) is 12.1 Å². The summed E-state index contributed by atoms with van der Waals surface area (Å²) in [5.74, 6) is 0.534. The molecule has 0 unspecified atom stereocenters. The molecule has 0 radical (unpaired) electrons. The number of pyridine rings is 1. The molecule has 2 aromatic rings. The average molecular weight is 273 g/mol. The van der Waals surface area contributed by atoms with Gasteiger partial charge in [0.15, 0.2) is 0 Å². The molecule has 2 rings (SSSR count). The molecular weight excluding hydrogens is 258 g/mol. The van der Waals surface area contributed by atoms with Gasteiger partial charge in [-0.2, -0.15) is 0 Å². The zero-order valence-corrected chi connectivity index (χ0v) is 11.6. The summed E-state index contributed by atoms with van der Waals surface area (Å²) in [6, 6.07) is 11.1. The number of nitrogens with zero attached hydrogens (tertiary/aromatic N) is 1. The van der Waals surface area contributed by atoms with Gasteiger partial charge in [0, 0.05) is 23.7 Å². The standard InChI is InChI=1S/C14H15N3OS/c1-15-13-9-10(7-8-16-13)14(18)17-11-5-3-4-6-12(11)19-2/h3-9H,1-2H3,(H,15,16)(H,17,18). The van der Waals surface area contributed by atoms with Gasteiger partial charge in [-0.05, 0) is 30.5 Å². The lowest BCUT2D eigenvalue weighted by atomic mass is 10.2. The first kappa shape index (κ1) is 13.4. The predicted octanol–water partition coefficient (Wildman–Crippen LogP) is 3.10. The van der Waals surface area contributed by atoms with Gasteiger partial charge in [0.1, 0.15) is 5.82 Å². The molecule has 1 amide bonds. The quantitative estimate of drug-likeness (QED) is 0.840. The maximum atomic E-state index is 12.2. The summed E-state index contributed by atoms with van der Waals surface area (Å²) < 4.78 is 0. The normalized spacial score (nSPS) is 10.0. The molecular formula is C14H15N3OS. The van der Waals surface area contributed by atoms with E-state index < -0.39 is 0 Å². The van der Waals surface area contributed by atoms with Gasteiger partial charge in [-0.3, -0.25) is 4.79 Å². The number of nitrogens with one attached hydrogen (secondary N) is 2. The molecule has 98 valence electrons. The minimum Gasteiger partial charge on any atom is -0.373 e. The van der Waals surface area contributed by atoms with E-state index in [4.69, 9.17) is 0 Å². The van der Waals surface area contributed by atoms with Crippen LogP contribution in [0.3, 0.4) is 0 Å². The highest BCUT2D eigenvalue weighted by atomic mass is 32.2. The largest absolute Gasteiger partial charge is 0.373 e. The van der Waals surface area contributed by atoms with Gasteiger partial charge in [-0.15, -0.1) is 11.8 Å². The van der Waals surface area contributed by atoms with Gasteiger partial charge in [-0.25, -0.2) is 4.98 Å². The molecule has 5 heteroatoms. The Bertz CT molecular complexity index is 586. The second kappa shape index (κ2) is 6.24. The molecule has 0 saturated heterocycles. The van der Waals surface area contributed by atoms with Crippen molar-refractivity contribution in [3.8, 4) is 0 Å². The second-order valence-electron chi connectivity index (χ2n) is 3.83. The number of benzene rings is 1. The molecule has 0 spiro atoms. The SMILES string of the molecule is CNc1cc(C(=O)Nc2ccccc2SC)ccn1. The third-order valence-corrected chi connectivity index (χ3v) is 3.43. The van der Waals surface area contributed by atoms with E-state index in [1.165, 1.54) is 0 Å². The summed E-state index contributed by atoms with van der Waals surface area (Å²) in [6.07, 6.45) is 3.59. The molecule has 0 atom stereocenters. The Balaban J connectivity index is 2.20. The van der Waals surface area contributed by atoms with Crippen LogP contribution in [-0.4, -0.2) is 24.2 Å². The number of carbonyl (C=O) groups is 1. The number of thioether (sulfide) groups is 1. The molecule has 2 N–H and O–H groups in total. The molecule has 0 aliphatic carbocycles. The minimum absolute atomic E-state index is 0.139. The summed E-state index contributed by atoms with van der Waals surface area (Å²) >= 11 is 1.60. The number of para-hydroxylation sites is 1. The molecule has 0 aliphatic heterocycles. The Morgan fingerprint density at radius 2 is 2.05 bits per heavy atom. The third kappa shape index (κ3) is 3.26. The monoisotopic (exact) mass is 273 g/mol. The van der Waals surface area contributed by atoms with Crippen LogP contribution in [0.5, 0.6) is 0 Å². The average Bonchev–Trinajstić information content (AvgIpc) is 2.47. The lowest BCUT2D eigenvalue weighted by molar-refractivity contribution is 0.102. The number of rotatable bonds is 4. The predicted molar refractivity (Wildman–Crippen MR) is 80.0 cm³/mol. The highest BCUT2D eigenvalue weighted by Crippen LogP contribution is 2.25. The maximum absolute atomic E-state index is 12.2. The Morgan fingerprint density at radius 1 is 1.26 bits per heavy atom. The second-order valence-corrected chi connectivity index (χ2v) is 4.68. The summed E-state index contributed by atoms with van der Waals surface area (Å²) in [4.78, 5) is 17.3. The van der Waals surface area contributed by atoms with E-state index in [0.29, 0.717) is 11.4 Å². The number of aromatic nitrogens is 1. The van der Waals surface area contributed by atoms with Gasteiger partial charge >= 0.3 is 0 Å². The first-order valence-corrected chi connectivity index (χ1v) is 7.05. The summed E-state index contributed by atoms with van der Waals surface area (Å²) in [6.45, 7) is 0. The van der Waals surface area contributed by atoms with Crippen molar-refractivity contribution < 1.29 is 4.79 Å². The fourth-order valence-electron chi connectivity index (χ4n) is 1.65. The van der Waals surface area contributed by atoms with Crippen LogP contribution in [0.25, 0.3) is 0 Å².